The number of rotatable bonds is 2. The van der Waals surface area contributed by atoms with Crippen LogP contribution in [0.1, 0.15) is 5.56 Å². The number of hydrogen-bond acceptors (Lipinski definition) is 2. The molecule has 0 fully saturated rings. The van der Waals surface area contributed by atoms with Crippen LogP contribution in [-0.2, 0) is 0 Å². The van der Waals surface area contributed by atoms with Gasteiger partial charge in [-0.2, -0.15) is 0 Å². The van der Waals surface area contributed by atoms with Crippen LogP contribution in [-0.4, -0.2) is 4.98 Å². The number of anilines is 2. The van der Waals surface area contributed by atoms with Gasteiger partial charge in [-0.15, -0.1) is 12.4 Å². The predicted octanol–water partition coefficient (Wildman–Crippen LogP) is 4.71. The monoisotopic (exact) mass is 270 g/mol. The molecule has 3 rings (SSSR count). The first-order chi connectivity index (χ1) is 8.84. The summed E-state index contributed by atoms with van der Waals surface area (Å²) in [6, 6.07) is 18.4. The number of nitrogens with zero attached hydrogens (tertiary/aromatic N) is 1. The molecule has 96 valence electrons. The Hall–Kier alpha value is -2.06. The van der Waals surface area contributed by atoms with Crippen LogP contribution < -0.4 is 5.32 Å². The zero-order valence-corrected chi connectivity index (χ0v) is 11.4. The molecule has 3 aromatic rings. The number of para-hydroxylation sites is 2. The Bertz CT molecular complexity index is 690. The van der Waals surface area contributed by atoms with Gasteiger partial charge in [0.25, 0.3) is 0 Å². The maximum Gasteiger partial charge on any atom is 0.0722 e. The van der Waals surface area contributed by atoms with E-state index < -0.39 is 0 Å². The van der Waals surface area contributed by atoms with Crippen molar-refractivity contribution in [2.45, 2.75) is 6.92 Å². The summed E-state index contributed by atoms with van der Waals surface area (Å²) in [4.78, 5) is 4.37. The minimum atomic E-state index is 0. The van der Waals surface area contributed by atoms with Crippen molar-refractivity contribution in [2.75, 3.05) is 5.32 Å². The summed E-state index contributed by atoms with van der Waals surface area (Å²) in [6.45, 7) is 2.10. The zero-order chi connectivity index (χ0) is 12.4. The van der Waals surface area contributed by atoms with Gasteiger partial charge in [0.15, 0.2) is 0 Å². The van der Waals surface area contributed by atoms with Crippen molar-refractivity contribution in [2.24, 2.45) is 0 Å². The number of hydrogen-bond donors (Lipinski definition) is 1. The topological polar surface area (TPSA) is 24.9 Å². The first-order valence-corrected chi connectivity index (χ1v) is 6.01. The summed E-state index contributed by atoms with van der Waals surface area (Å²) in [7, 11) is 0. The van der Waals surface area contributed by atoms with Gasteiger partial charge in [-0.1, -0.05) is 36.4 Å². The van der Waals surface area contributed by atoms with Crippen LogP contribution >= 0.6 is 12.4 Å². The second kappa shape index (κ2) is 5.72. The molecule has 0 spiro atoms. The molecule has 19 heavy (non-hydrogen) atoms. The number of pyridine rings is 1. The average Bonchev–Trinajstić information content (AvgIpc) is 2.42. The van der Waals surface area contributed by atoms with Gasteiger partial charge in [0.05, 0.1) is 5.52 Å². The fourth-order valence-electron chi connectivity index (χ4n) is 2.06. The number of aryl methyl sites for hydroxylation is 1. The number of aromatic nitrogens is 1. The summed E-state index contributed by atoms with van der Waals surface area (Å²) >= 11 is 0. The van der Waals surface area contributed by atoms with E-state index in [0.717, 1.165) is 22.3 Å². The Morgan fingerprint density at radius 1 is 0.842 bits per heavy atom. The van der Waals surface area contributed by atoms with Crippen LogP contribution in [0.15, 0.2) is 60.8 Å². The molecular weight excluding hydrogens is 256 g/mol. The van der Waals surface area contributed by atoms with E-state index in [4.69, 9.17) is 0 Å². The van der Waals surface area contributed by atoms with Crippen LogP contribution in [0.25, 0.3) is 10.9 Å². The van der Waals surface area contributed by atoms with E-state index in [2.05, 4.69) is 35.4 Å². The van der Waals surface area contributed by atoms with Crippen LogP contribution in [0.4, 0.5) is 11.4 Å². The van der Waals surface area contributed by atoms with Crippen molar-refractivity contribution in [3.05, 3.63) is 66.4 Å². The van der Waals surface area contributed by atoms with Crippen molar-refractivity contribution in [3.8, 4) is 0 Å². The summed E-state index contributed by atoms with van der Waals surface area (Å²) < 4.78 is 0. The molecule has 0 saturated carbocycles. The average molecular weight is 271 g/mol. The highest BCUT2D eigenvalue weighted by molar-refractivity contribution is 5.92. The maximum absolute atomic E-state index is 4.37. The van der Waals surface area contributed by atoms with Gasteiger partial charge in [0, 0.05) is 23.0 Å². The van der Waals surface area contributed by atoms with E-state index in [-0.39, 0.29) is 12.4 Å². The second-order valence-corrected chi connectivity index (χ2v) is 4.32. The highest BCUT2D eigenvalue weighted by atomic mass is 35.5. The molecule has 0 saturated heterocycles. The molecule has 0 aliphatic carbocycles. The Morgan fingerprint density at radius 3 is 2.42 bits per heavy atom. The molecule has 0 aliphatic rings. The third-order valence-corrected chi connectivity index (χ3v) is 3.06. The minimum Gasteiger partial charge on any atom is -0.355 e. The van der Waals surface area contributed by atoms with Gasteiger partial charge in [0.1, 0.15) is 0 Å². The van der Waals surface area contributed by atoms with Crippen LogP contribution in [0, 0.1) is 6.92 Å². The van der Waals surface area contributed by atoms with E-state index in [1.54, 1.807) is 0 Å². The molecule has 0 radical (unpaired) electrons. The normalized spacial score (nSPS) is 9.95. The zero-order valence-electron chi connectivity index (χ0n) is 10.6. The molecule has 0 atom stereocenters. The number of halogens is 1. The first-order valence-electron chi connectivity index (χ1n) is 6.01. The molecule has 1 aromatic heterocycles. The van der Waals surface area contributed by atoms with Gasteiger partial charge in [-0.3, -0.25) is 4.98 Å². The smallest absolute Gasteiger partial charge is 0.0722 e. The standard InChI is InChI=1S/C16H14N2.ClH/c1-12-6-2-4-8-14(12)18-16-10-11-17-15-9-5-3-7-13(15)16;/h2-11H,1H3,(H,17,18);1H. The van der Waals surface area contributed by atoms with Crippen molar-refractivity contribution in [3.63, 3.8) is 0 Å². The highest BCUT2D eigenvalue weighted by Crippen LogP contribution is 2.26. The van der Waals surface area contributed by atoms with Crippen molar-refractivity contribution in [1.82, 2.24) is 4.98 Å². The van der Waals surface area contributed by atoms with Crippen molar-refractivity contribution in [1.29, 1.82) is 0 Å². The summed E-state index contributed by atoms with van der Waals surface area (Å²) in [5.41, 5.74) is 4.47. The van der Waals surface area contributed by atoms with E-state index >= 15 is 0 Å². The van der Waals surface area contributed by atoms with Gasteiger partial charge in [-0.05, 0) is 30.7 Å². The molecule has 0 aliphatic heterocycles. The fourth-order valence-corrected chi connectivity index (χ4v) is 2.06. The Kier molecular flexibility index (Phi) is 4.03. The Balaban J connectivity index is 0.00000133. The molecule has 0 amide bonds. The third kappa shape index (κ3) is 2.69. The van der Waals surface area contributed by atoms with Gasteiger partial charge >= 0.3 is 0 Å². The van der Waals surface area contributed by atoms with E-state index in [1.165, 1.54) is 5.56 Å². The first kappa shape index (κ1) is 13.4. The lowest BCUT2D eigenvalue weighted by Crippen LogP contribution is -1.94. The second-order valence-electron chi connectivity index (χ2n) is 4.32. The lowest BCUT2D eigenvalue weighted by Gasteiger charge is -2.11. The minimum absolute atomic E-state index is 0. The molecule has 0 unspecified atom stereocenters. The molecule has 1 N–H and O–H groups in total. The molecule has 3 heteroatoms. The number of fused-ring (bicyclic) bond motifs is 1. The van der Waals surface area contributed by atoms with E-state index in [0.29, 0.717) is 0 Å². The summed E-state index contributed by atoms with van der Waals surface area (Å²) in [5.74, 6) is 0. The van der Waals surface area contributed by atoms with Crippen molar-refractivity contribution < 1.29 is 0 Å². The molecular formula is C16H15ClN2. The summed E-state index contributed by atoms with van der Waals surface area (Å²) in [6.07, 6.45) is 1.84. The molecule has 2 aromatic carbocycles. The Morgan fingerprint density at radius 2 is 1.58 bits per heavy atom. The molecule has 1 heterocycles. The van der Waals surface area contributed by atoms with Crippen LogP contribution in [0.3, 0.4) is 0 Å². The Labute approximate surface area is 118 Å². The lowest BCUT2D eigenvalue weighted by molar-refractivity contribution is 1.39. The quantitative estimate of drug-likeness (QED) is 0.729. The van der Waals surface area contributed by atoms with Crippen LogP contribution in [0.2, 0.25) is 0 Å². The molecule has 2 nitrogen and oxygen atoms in total. The fraction of sp³-hybridized carbons (Fsp3) is 0.0625. The molecule has 0 bridgehead atoms. The van der Waals surface area contributed by atoms with Crippen molar-refractivity contribution >= 4 is 34.7 Å². The third-order valence-electron chi connectivity index (χ3n) is 3.06. The predicted molar refractivity (Wildman–Crippen MR) is 83.5 cm³/mol. The SMILES string of the molecule is Cc1ccccc1Nc1ccnc2ccccc12.Cl. The van der Waals surface area contributed by atoms with Gasteiger partial charge in [-0.25, -0.2) is 0 Å². The van der Waals surface area contributed by atoms with Crippen LogP contribution in [0.5, 0.6) is 0 Å². The van der Waals surface area contributed by atoms with E-state index in [9.17, 15) is 0 Å². The lowest BCUT2D eigenvalue weighted by atomic mass is 10.1. The van der Waals surface area contributed by atoms with Gasteiger partial charge < -0.3 is 5.32 Å². The largest absolute Gasteiger partial charge is 0.355 e. The van der Waals surface area contributed by atoms with Gasteiger partial charge in [0.2, 0.25) is 0 Å². The summed E-state index contributed by atoms with van der Waals surface area (Å²) in [5, 5.41) is 4.62. The number of benzene rings is 2. The highest BCUT2D eigenvalue weighted by Gasteiger charge is 2.02. The van der Waals surface area contributed by atoms with E-state index in [1.807, 2.05) is 42.6 Å². The maximum atomic E-state index is 4.37. The number of nitrogens with one attached hydrogen (secondary N) is 1.